The van der Waals surface area contributed by atoms with E-state index in [1.54, 1.807) is 24.3 Å². The molecule has 2 N–H and O–H groups in total. The van der Waals surface area contributed by atoms with Crippen LogP contribution in [0.5, 0.6) is 5.75 Å². The minimum atomic E-state index is -0.338. The van der Waals surface area contributed by atoms with Crippen molar-refractivity contribution >= 4 is 5.91 Å². The molecule has 1 amide bonds. The molecule has 0 saturated carbocycles. The van der Waals surface area contributed by atoms with Crippen LogP contribution in [0.15, 0.2) is 34.9 Å². The molecule has 1 aromatic carbocycles. The number of nitrogens with one attached hydrogen (secondary N) is 1. The highest BCUT2D eigenvalue weighted by atomic mass is 16.5. The van der Waals surface area contributed by atoms with Crippen molar-refractivity contribution in [1.82, 2.24) is 10.5 Å². The van der Waals surface area contributed by atoms with Gasteiger partial charge in [0.15, 0.2) is 11.5 Å². The largest absolute Gasteiger partial charge is 0.508 e. The molecule has 0 aliphatic carbocycles. The lowest BCUT2D eigenvalue weighted by molar-refractivity contribution is 0.0941. The number of nitrogens with zero attached hydrogens (tertiary/aromatic N) is 1. The van der Waals surface area contributed by atoms with Crippen molar-refractivity contribution in [1.29, 1.82) is 0 Å². The highest BCUT2D eigenvalue weighted by Crippen LogP contribution is 2.11. The third-order valence-electron chi connectivity index (χ3n) is 2.44. The first-order valence-electron chi connectivity index (χ1n) is 5.69. The number of ether oxygens (including phenoxy) is 1. The molecule has 0 bridgehead atoms. The van der Waals surface area contributed by atoms with Crippen LogP contribution in [0.25, 0.3) is 0 Å². The standard InChI is InChI=1S/C13H14N2O4/c1-18-8-11-6-12(15-19-11)13(17)14-7-9-3-2-4-10(16)5-9/h2-6,16H,7-8H2,1H3,(H,14,17). The van der Waals surface area contributed by atoms with Crippen LogP contribution in [-0.4, -0.2) is 23.3 Å². The van der Waals surface area contributed by atoms with Crippen molar-refractivity contribution in [3.05, 3.63) is 47.3 Å². The maximum absolute atomic E-state index is 11.8. The molecule has 6 nitrogen and oxygen atoms in total. The zero-order valence-corrected chi connectivity index (χ0v) is 10.4. The van der Waals surface area contributed by atoms with Gasteiger partial charge in [-0.1, -0.05) is 17.3 Å². The number of benzene rings is 1. The average molecular weight is 262 g/mol. The summed E-state index contributed by atoms with van der Waals surface area (Å²) in [5.41, 5.74) is 1.00. The number of phenolic OH excluding ortho intramolecular Hbond substituents is 1. The molecule has 0 aliphatic rings. The Morgan fingerprint density at radius 3 is 3.05 bits per heavy atom. The monoisotopic (exact) mass is 262 g/mol. The molecular weight excluding hydrogens is 248 g/mol. The van der Waals surface area contributed by atoms with Gasteiger partial charge < -0.3 is 19.7 Å². The number of aromatic nitrogens is 1. The highest BCUT2D eigenvalue weighted by Gasteiger charge is 2.12. The molecule has 0 fully saturated rings. The van der Waals surface area contributed by atoms with Crippen molar-refractivity contribution < 1.29 is 19.2 Å². The molecule has 1 heterocycles. The lowest BCUT2D eigenvalue weighted by Gasteiger charge is -2.03. The maximum Gasteiger partial charge on any atom is 0.273 e. The van der Waals surface area contributed by atoms with Gasteiger partial charge >= 0.3 is 0 Å². The number of amides is 1. The van der Waals surface area contributed by atoms with Crippen molar-refractivity contribution in [2.45, 2.75) is 13.2 Å². The van der Waals surface area contributed by atoms with Crippen LogP contribution in [0, 0.1) is 0 Å². The van der Waals surface area contributed by atoms with Gasteiger partial charge in [0.25, 0.3) is 5.91 Å². The Kier molecular flexibility index (Phi) is 4.15. The molecule has 2 rings (SSSR count). The van der Waals surface area contributed by atoms with E-state index in [1.165, 1.54) is 13.2 Å². The SMILES string of the molecule is COCc1cc(C(=O)NCc2cccc(O)c2)no1. The molecular formula is C13H14N2O4. The number of carbonyl (C=O) groups excluding carboxylic acids is 1. The fraction of sp³-hybridized carbons (Fsp3) is 0.231. The molecule has 6 heteroatoms. The molecule has 100 valence electrons. The lowest BCUT2D eigenvalue weighted by atomic mass is 10.2. The normalized spacial score (nSPS) is 10.4. The molecule has 0 radical (unpaired) electrons. The van der Waals surface area contributed by atoms with Crippen LogP contribution < -0.4 is 5.32 Å². The Morgan fingerprint density at radius 1 is 1.47 bits per heavy atom. The van der Waals surface area contributed by atoms with E-state index in [0.717, 1.165) is 5.56 Å². The van der Waals surface area contributed by atoms with E-state index < -0.39 is 0 Å². The van der Waals surface area contributed by atoms with Crippen LogP contribution in [0.2, 0.25) is 0 Å². The molecule has 1 aromatic heterocycles. The summed E-state index contributed by atoms with van der Waals surface area (Å²) in [4.78, 5) is 11.8. The van der Waals surface area contributed by atoms with E-state index >= 15 is 0 Å². The van der Waals surface area contributed by atoms with E-state index in [4.69, 9.17) is 9.26 Å². The van der Waals surface area contributed by atoms with E-state index in [0.29, 0.717) is 12.3 Å². The number of aromatic hydroxyl groups is 1. The predicted molar refractivity (Wildman–Crippen MR) is 66.5 cm³/mol. The van der Waals surface area contributed by atoms with Gasteiger partial charge in [0.05, 0.1) is 0 Å². The molecule has 0 unspecified atom stereocenters. The van der Waals surface area contributed by atoms with E-state index in [2.05, 4.69) is 10.5 Å². The van der Waals surface area contributed by atoms with Crippen molar-refractivity contribution in [3.8, 4) is 5.75 Å². The molecule has 19 heavy (non-hydrogen) atoms. The summed E-state index contributed by atoms with van der Waals surface area (Å²) in [6, 6.07) is 8.20. The van der Waals surface area contributed by atoms with Gasteiger partial charge in [0.2, 0.25) is 0 Å². The van der Waals surface area contributed by atoms with E-state index in [-0.39, 0.29) is 24.0 Å². The number of phenols is 1. The summed E-state index contributed by atoms with van der Waals surface area (Å²) in [5, 5.41) is 15.6. The van der Waals surface area contributed by atoms with E-state index in [9.17, 15) is 9.90 Å². The van der Waals surface area contributed by atoms with Crippen LogP contribution in [0.4, 0.5) is 0 Å². The third kappa shape index (κ3) is 3.56. The topological polar surface area (TPSA) is 84.6 Å². The fourth-order valence-corrected chi connectivity index (χ4v) is 1.57. The zero-order valence-electron chi connectivity index (χ0n) is 10.4. The predicted octanol–water partition coefficient (Wildman–Crippen LogP) is 1.46. The number of hydrogen-bond donors (Lipinski definition) is 2. The number of carbonyl (C=O) groups is 1. The Balaban J connectivity index is 1.93. The minimum Gasteiger partial charge on any atom is -0.508 e. The molecule has 2 aromatic rings. The summed E-state index contributed by atoms with van der Waals surface area (Å²) >= 11 is 0. The first-order chi connectivity index (χ1) is 9.19. The van der Waals surface area contributed by atoms with Gasteiger partial charge in [-0.25, -0.2) is 0 Å². The number of rotatable bonds is 5. The molecule has 0 spiro atoms. The van der Waals surface area contributed by atoms with Crippen LogP contribution in [-0.2, 0) is 17.9 Å². The smallest absolute Gasteiger partial charge is 0.273 e. The second-order valence-corrected chi connectivity index (χ2v) is 3.96. The summed E-state index contributed by atoms with van der Waals surface area (Å²) in [6.45, 7) is 0.576. The Morgan fingerprint density at radius 2 is 2.32 bits per heavy atom. The lowest BCUT2D eigenvalue weighted by Crippen LogP contribution is -2.22. The van der Waals surface area contributed by atoms with Gasteiger partial charge in [-0.05, 0) is 17.7 Å². The minimum absolute atomic E-state index is 0.163. The van der Waals surface area contributed by atoms with Crippen molar-refractivity contribution in [2.75, 3.05) is 7.11 Å². The first kappa shape index (κ1) is 13.1. The Hall–Kier alpha value is -2.34. The van der Waals surface area contributed by atoms with Crippen LogP contribution in [0.3, 0.4) is 0 Å². The average Bonchev–Trinajstić information content (AvgIpc) is 2.85. The summed E-state index contributed by atoms with van der Waals surface area (Å²) in [5.74, 6) is 0.315. The summed E-state index contributed by atoms with van der Waals surface area (Å²) in [7, 11) is 1.53. The van der Waals surface area contributed by atoms with Crippen LogP contribution in [0.1, 0.15) is 21.8 Å². The Labute approximate surface area is 110 Å². The zero-order chi connectivity index (χ0) is 13.7. The van der Waals surface area contributed by atoms with Crippen molar-refractivity contribution in [2.24, 2.45) is 0 Å². The molecule has 0 saturated heterocycles. The van der Waals surface area contributed by atoms with Gasteiger partial charge in [0.1, 0.15) is 12.4 Å². The second kappa shape index (κ2) is 6.01. The molecule has 0 aliphatic heterocycles. The van der Waals surface area contributed by atoms with Gasteiger partial charge in [-0.15, -0.1) is 0 Å². The number of hydrogen-bond acceptors (Lipinski definition) is 5. The summed E-state index contributed by atoms with van der Waals surface area (Å²) in [6.07, 6.45) is 0. The van der Waals surface area contributed by atoms with E-state index in [1.807, 2.05) is 0 Å². The molecule has 0 atom stereocenters. The van der Waals surface area contributed by atoms with Crippen molar-refractivity contribution in [3.63, 3.8) is 0 Å². The maximum atomic E-state index is 11.8. The highest BCUT2D eigenvalue weighted by molar-refractivity contribution is 5.92. The quantitative estimate of drug-likeness (QED) is 0.852. The fourth-order valence-electron chi connectivity index (χ4n) is 1.57. The van der Waals surface area contributed by atoms with Gasteiger partial charge in [-0.3, -0.25) is 4.79 Å². The third-order valence-corrected chi connectivity index (χ3v) is 2.44. The van der Waals surface area contributed by atoms with Crippen LogP contribution >= 0.6 is 0 Å². The Bertz CT molecular complexity index is 565. The second-order valence-electron chi connectivity index (χ2n) is 3.96. The van der Waals surface area contributed by atoms with Gasteiger partial charge in [-0.2, -0.15) is 0 Å². The summed E-state index contributed by atoms with van der Waals surface area (Å²) < 4.78 is 9.79. The first-order valence-corrected chi connectivity index (χ1v) is 5.69. The van der Waals surface area contributed by atoms with Gasteiger partial charge in [0, 0.05) is 19.7 Å². The number of methoxy groups -OCH3 is 1.